The Morgan fingerprint density at radius 2 is 2.10 bits per heavy atom. The molecular weight excluding hydrogens is 410 g/mol. The van der Waals surface area contributed by atoms with Crippen LogP contribution in [-0.2, 0) is 11.3 Å². The van der Waals surface area contributed by atoms with E-state index in [9.17, 15) is 4.79 Å². The van der Waals surface area contributed by atoms with E-state index in [2.05, 4.69) is 20.3 Å². The molecule has 1 aliphatic rings. The summed E-state index contributed by atoms with van der Waals surface area (Å²) in [6.45, 7) is 2.30. The highest BCUT2D eigenvalue weighted by molar-refractivity contribution is 6.30. The topological polar surface area (TPSA) is 126 Å². The molecule has 0 saturated carbocycles. The van der Waals surface area contributed by atoms with Gasteiger partial charge in [0.15, 0.2) is 11.3 Å². The van der Waals surface area contributed by atoms with E-state index in [1.807, 2.05) is 24.3 Å². The van der Waals surface area contributed by atoms with Crippen LogP contribution in [0.15, 0.2) is 39.8 Å². The van der Waals surface area contributed by atoms with Crippen molar-refractivity contribution in [1.29, 1.82) is 0 Å². The lowest BCUT2D eigenvalue weighted by molar-refractivity contribution is 0.110. The highest BCUT2D eigenvalue weighted by Gasteiger charge is 2.31. The molecule has 2 atom stereocenters. The first-order chi connectivity index (χ1) is 14.5. The largest absolute Gasteiger partial charge is 0.373 e. The van der Waals surface area contributed by atoms with Crippen molar-refractivity contribution in [2.75, 3.05) is 12.3 Å². The number of rotatable bonds is 4. The summed E-state index contributed by atoms with van der Waals surface area (Å²) < 4.78 is 13.8. The average molecular weight is 428 g/mol. The van der Waals surface area contributed by atoms with Crippen molar-refractivity contribution in [2.24, 2.45) is 0 Å². The Kier molecular flexibility index (Phi) is 4.52. The van der Waals surface area contributed by atoms with Gasteiger partial charge in [-0.15, -0.1) is 9.73 Å². The summed E-state index contributed by atoms with van der Waals surface area (Å²) >= 11 is 5.95. The Morgan fingerprint density at radius 1 is 1.30 bits per heavy atom. The molecule has 0 radical (unpaired) electrons. The lowest BCUT2D eigenvalue weighted by Crippen LogP contribution is -2.28. The predicted octanol–water partition coefficient (Wildman–Crippen LogP) is 2.11. The summed E-state index contributed by atoms with van der Waals surface area (Å²) in [6, 6.07) is 7.59. The third kappa shape index (κ3) is 3.23. The Bertz CT molecular complexity index is 1280. The van der Waals surface area contributed by atoms with Gasteiger partial charge in [-0.25, -0.2) is 0 Å². The fraction of sp³-hybridized carbons (Fsp3) is 0.316. The summed E-state index contributed by atoms with van der Waals surface area (Å²) in [5.41, 5.74) is 7.75. The molecule has 2 N–H and O–H groups in total. The lowest BCUT2D eigenvalue weighted by Gasteiger charge is -2.09. The number of fused-ring (bicyclic) bond motifs is 1. The molecule has 1 fully saturated rings. The van der Waals surface area contributed by atoms with Crippen molar-refractivity contribution in [2.45, 2.75) is 31.9 Å². The van der Waals surface area contributed by atoms with Crippen molar-refractivity contribution in [3.05, 3.63) is 68.7 Å². The number of halogens is 1. The highest BCUT2D eigenvalue weighted by atomic mass is 35.5. The molecule has 1 aromatic carbocycles. The van der Waals surface area contributed by atoms with E-state index in [0.717, 1.165) is 12.0 Å². The molecule has 154 valence electrons. The molecule has 10 nitrogen and oxygen atoms in total. The molecule has 0 spiro atoms. The van der Waals surface area contributed by atoms with E-state index in [-0.39, 0.29) is 36.0 Å². The fourth-order valence-electron chi connectivity index (χ4n) is 3.63. The zero-order valence-corrected chi connectivity index (χ0v) is 16.8. The van der Waals surface area contributed by atoms with E-state index >= 15 is 0 Å². The standard InChI is InChI=1S/C19H18ClN7O3/c1-10-7-22-27-16(10)18(28)26(19(21)24-27)8-15-23-17(25-30-15)12-6-14(29-9-12)11-2-4-13(20)5-3-11/h2-5,7,12,14H,6,8-9H2,1H3,(H2,21,24)/t12-,14+/m0/s1. The van der Waals surface area contributed by atoms with Crippen LogP contribution in [0.25, 0.3) is 5.52 Å². The predicted molar refractivity (Wildman–Crippen MR) is 107 cm³/mol. The number of aromatic nitrogens is 6. The SMILES string of the molecule is Cc1cnn2nc(N)n(Cc3nc([C@@H]4CO[C@@H](c5ccc(Cl)cc5)C4)no3)c(=O)c12. The minimum atomic E-state index is -0.316. The molecule has 5 rings (SSSR count). The molecule has 0 bridgehead atoms. The highest BCUT2D eigenvalue weighted by Crippen LogP contribution is 2.37. The normalized spacial score (nSPS) is 19.0. The number of hydrogen-bond acceptors (Lipinski definition) is 8. The summed E-state index contributed by atoms with van der Waals surface area (Å²) in [5.74, 6) is 0.831. The molecule has 0 unspecified atom stereocenters. The number of anilines is 1. The van der Waals surface area contributed by atoms with E-state index in [1.54, 1.807) is 13.1 Å². The fourth-order valence-corrected chi connectivity index (χ4v) is 3.76. The van der Waals surface area contributed by atoms with Crippen LogP contribution in [0.3, 0.4) is 0 Å². The molecule has 1 saturated heterocycles. The van der Waals surface area contributed by atoms with Crippen LogP contribution >= 0.6 is 11.6 Å². The van der Waals surface area contributed by atoms with Crippen LogP contribution in [-0.4, -0.2) is 36.1 Å². The number of ether oxygens (including phenoxy) is 1. The lowest BCUT2D eigenvalue weighted by atomic mass is 10.0. The third-order valence-corrected chi connectivity index (χ3v) is 5.49. The van der Waals surface area contributed by atoms with Gasteiger partial charge < -0.3 is 15.0 Å². The van der Waals surface area contributed by atoms with Crippen LogP contribution in [0.4, 0.5) is 5.95 Å². The Hall–Kier alpha value is -3.24. The van der Waals surface area contributed by atoms with Gasteiger partial charge in [0.05, 0.1) is 18.9 Å². The van der Waals surface area contributed by atoms with Crippen molar-refractivity contribution >= 4 is 23.1 Å². The van der Waals surface area contributed by atoms with E-state index in [0.29, 0.717) is 28.5 Å². The first-order valence-corrected chi connectivity index (χ1v) is 9.78. The van der Waals surface area contributed by atoms with Crippen LogP contribution < -0.4 is 11.3 Å². The van der Waals surface area contributed by atoms with Crippen molar-refractivity contribution < 1.29 is 9.26 Å². The van der Waals surface area contributed by atoms with Crippen molar-refractivity contribution in [1.82, 2.24) is 29.5 Å². The van der Waals surface area contributed by atoms with Gasteiger partial charge in [-0.2, -0.15) is 10.1 Å². The summed E-state index contributed by atoms with van der Waals surface area (Å²) in [5, 5.41) is 12.9. The van der Waals surface area contributed by atoms with Gasteiger partial charge in [-0.05, 0) is 31.0 Å². The van der Waals surface area contributed by atoms with Gasteiger partial charge in [0.25, 0.3) is 5.56 Å². The smallest absolute Gasteiger partial charge is 0.281 e. The molecule has 3 aromatic heterocycles. The Labute approximate surface area is 175 Å². The second-order valence-corrected chi connectivity index (χ2v) is 7.70. The molecule has 4 aromatic rings. The first kappa shape index (κ1) is 18.8. The van der Waals surface area contributed by atoms with Crippen LogP contribution in [0.2, 0.25) is 5.02 Å². The molecule has 0 amide bonds. The van der Waals surface area contributed by atoms with Gasteiger partial charge >= 0.3 is 0 Å². The maximum Gasteiger partial charge on any atom is 0.281 e. The van der Waals surface area contributed by atoms with Crippen LogP contribution in [0.1, 0.15) is 41.3 Å². The zero-order valence-electron chi connectivity index (χ0n) is 16.0. The third-order valence-electron chi connectivity index (χ3n) is 5.24. The molecule has 30 heavy (non-hydrogen) atoms. The zero-order chi connectivity index (χ0) is 20.8. The van der Waals surface area contributed by atoms with Gasteiger partial charge in [0, 0.05) is 16.5 Å². The minimum Gasteiger partial charge on any atom is -0.373 e. The number of nitrogen functional groups attached to an aromatic ring is 1. The second-order valence-electron chi connectivity index (χ2n) is 7.27. The van der Waals surface area contributed by atoms with Crippen molar-refractivity contribution in [3.8, 4) is 0 Å². The van der Waals surface area contributed by atoms with Crippen molar-refractivity contribution in [3.63, 3.8) is 0 Å². The number of hydrogen-bond donors (Lipinski definition) is 1. The number of nitrogens with two attached hydrogens (primary N) is 1. The van der Waals surface area contributed by atoms with Gasteiger partial charge in [0.2, 0.25) is 11.8 Å². The number of benzene rings is 1. The molecule has 0 aliphatic carbocycles. The Morgan fingerprint density at radius 3 is 2.90 bits per heavy atom. The van der Waals surface area contributed by atoms with Gasteiger partial charge in [0.1, 0.15) is 6.54 Å². The van der Waals surface area contributed by atoms with E-state index in [4.69, 9.17) is 26.6 Å². The number of aryl methyl sites for hydroxylation is 1. The molecule has 4 heterocycles. The average Bonchev–Trinajstić information content (AvgIpc) is 3.46. The summed E-state index contributed by atoms with van der Waals surface area (Å²) in [4.78, 5) is 17.2. The van der Waals surface area contributed by atoms with Crippen LogP contribution in [0.5, 0.6) is 0 Å². The van der Waals surface area contributed by atoms with Crippen LogP contribution in [0, 0.1) is 6.92 Å². The summed E-state index contributed by atoms with van der Waals surface area (Å²) in [6.07, 6.45) is 2.24. The van der Waals surface area contributed by atoms with E-state index in [1.165, 1.54) is 9.20 Å². The molecule has 1 aliphatic heterocycles. The maximum atomic E-state index is 12.8. The van der Waals surface area contributed by atoms with Gasteiger partial charge in [-0.1, -0.05) is 28.9 Å². The van der Waals surface area contributed by atoms with E-state index < -0.39 is 0 Å². The minimum absolute atomic E-state index is 0.00470. The molecular formula is C19H18ClN7O3. The van der Waals surface area contributed by atoms with Gasteiger partial charge in [-0.3, -0.25) is 9.36 Å². The summed E-state index contributed by atoms with van der Waals surface area (Å²) in [7, 11) is 0. The molecule has 11 heteroatoms. The number of nitrogens with zero attached hydrogens (tertiary/aromatic N) is 6. The first-order valence-electron chi connectivity index (χ1n) is 9.40. The maximum absolute atomic E-state index is 12.8. The monoisotopic (exact) mass is 427 g/mol. The Balaban J connectivity index is 1.35. The quantitative estimate of drug-likeness (QED) is 0.524. The second kappa shape index (κ2) is 7.22.